The van der Waals surface area contributed by atoms with E-state index in [4.69, 9.17) is 19.6 Å². The van der Waals surface area contributed by atoms with Gasteiger partial charge in [-0.1, -0.05) is 5.10 Å². The maximum atomic E-state index is 5.40. The molecular weight excluding hydrogens is 186 g/mol. The molecule has 0 bridgehead atoms. The van der Waals surface area contributed by atoms with Gasteiger partial charge in [0.15, 0.2) is 0 Å². The zero-order chi connectivity index (χ0) is 10.6. The molecule has 0 fully saturated rings. The van der Waals surface area contributed by atoms with Crippen LogP contribution in [0.3, 0.4) is 0 Å². The van der Waals surface area contributed by atoms with E-state index in [2.05, 4.69) is 10.2 Å². The molecule has 2 N–H and O–H groups in total. The summed E-state index contributed by atoms with van der Waals surface area (Å²) in [6.07, 6.45) is 0. The van der Waals surface area contributed by atoms with Crippen LogP contribution in [0.25, 0.3) is 0 Å². The molecule has 0 aliphatic heterocycles. The van der Waals surface area contributed by atoms with Gasteiger partial charge in [0.25, 0.3) is 5.89 Å². The van der Waals surface area contributed by atoms with Crippen molar-refractivity contribution in [3.63, 3.8) is 0 Å². The molecule has 0 amide bonds. The molecule has 0 saturated carbocycles. The minimum Gasteiger partial charge on any atom is -0.402 e. The number of hydrogen-bond donors (Lipinski definition) is 1. The van der Waals surface area contributed by atoms with Crippen LogP contribution >= 0.6 is 0 Å². The van der Waals surface area contributed by atoms with E-state index in [9.17, 15) is 0 Å². The first-order valence-corrected chi connectivity index (χ1v) is 4.49. The number of ether oxygens (including phenoxy) is 2. The van der Waals surface area contributed by atoms with Crippen molar-refractivity contribution in [2.45, 2.75) is 26.6 Å². The van der Waals surface area contributed by atoms with Crippen molar-refractivity contribution in [1.29, 1.82) is 0 Å². The predicted octanol–water partition coefficient (Wildman–Crippen LogP) is 0.897. The Labute approximate surface area is 82.4 Å². The lowest BCUT2D eigenvalue weighted by Gasteiger charge is -2.24. The van der Waals surface area contributed by atoms with E-state index in [1.54, 1.807) is 6.92 Å². The Bertz CT molecular complexity index is 281. The van der Waals surface area contributed by atoms with E-state index >= 15 is 0 Å². The molecule has 80 valence electrons. The summed E-state index contributed by atoms with van der Waals surface area (Å²) in [5.41, 5.74) is 5.32. The van der Waals surface area contributed by atoms with E-state index < -0.39 is 5.79 Å². The van der Waals surface area contributed by atoms with Gasteiger partial charge in [0.1, 0.15) is 0 Å². The van der Waals surface area contributed by atoms with Gasteiger partial charge >= 0.3 is 6.01 Å². The number of anilines is 1. The Morgan fingerprint density at radius 3 is 2.21 bits per heavy atom. The van der Waals surface area contributed by atoms with Crippen molar-refractivity contribution in [2.24, 2.45) is 0 Å². The summed E-state index contributed by atoms with van der Waals surface area (Å²) >= 11 is 0. The summed E-state index contributed by atoms with van der Waals surface area (Å²) in [6.45, 7) is 6.40. The highest BCUT2D eigenvalue weighted by Gasteiger charge is 2.34. The first-order valence-electron chi connectivity index (χ1n) is 4.49. The molecule has 0 spiro atoms. The van der Waals surface area contributed by atoms with Crippen LogP contribution in [-0.2, 0) is 15.3 Å². The maximum Gasteiger partial charge on any atom is 0.312 e. The summed E-state index contributed by atoms with van der Waals surface area (Å²) in [7, 11) is 0. The van der Waals surface area contributed by atoms with Gasteiger partial charge in [0.05, 0.1) is 0 Å². The van der Waals surface area contributed by atoms with Crippen LogP contribution in [0.1, 0.15) is 26.7 Å². The smallest absolute Gasteiger partial charge is 0.312 e. The van der Waals surface area contributed by atoms with Crippen molar-refractivity contribution in [3.05, 3.63) is 5.89 Å². The zero-order valence-corrected chi connectivity index (χ0v) is 8.61. The van der Waals surface area contributed by atoms with Crippen molar-refractivity contribution < 1.29 is 13.9 Å². The third-order valence-corrected chi connectivity index (χ3v) is 1.67. The number of nitrogens with zero attached hydrogens (tertiary/aromatic N) is 2. The van der Waals surface area contributed by atoms with Crippen LogP contribution in [0.15, 0.2) is 4.42 Å². The van der Waals surface area contributed by atoms with Crippen LogP contribution in [0.2, 0.25) is 0 Å². The highest BCUT2D eigenvalue weighted by molar-refractivity contribution is 5.06. The first kappa shape index (κ1) is 10.9. The van der Waals surface area contributed by atoms with E-state index in [0.717, 1.165) is 0 Å². The Morgan fingerprint density at radius 2 is 1.86 bits per heavy atom. The Balaban J connectivity index is 2.86. The molecule has 6 heteroatoms. The van der Waals surface area contributed by atoms with Crippen molar-refractivity contribution >= 4 is 6.01 Å². The average Bonchev–Trinajstić information content (AvgIpc) is 2.53. The standard InChI is InChI=1S/C8H15N3O3/c1-4-12-8(3,13-5-2)6-10-11-7(9)14-6/h4-5H2,1-3H3,(H2,9,11). The third kappa shape index (κ3) is 2.21. The Hall–Kier alpha value is -1.14. The fraction of sp³-hybridized carbons (Fsp3) is 0.750. The molecule has 1 aromatic rings. The van der Waals surface area contributed by atoms with E-state index in [1.165, 1.54) is 0 Å². The highest BCUT2D eigenvalue weighted by atomic mass is 16.7. The van der Waals surface area contributed by atoms with Gasteiger partial charge in [-0.2, -0.15) is 0 Å². The quantitative estimate of drug-likeness (QED) is 0.712. The van der Waals surface area contributed by atoms with Crippen molar-refractivity contribution in [2.75, 3.05) is 18.9 Å². The van der Waals surface area contributed by atoms with Crippen LogP contribution in [0.5, 0.6) is 0 Å². The normalized spacial score (nSPS) is 11.9. The molecule has 0 aliphatic carbocycles. The van der Waals surface area contributed by atoms with E-state index in [0.29, 0.717) is 13.2 Å². The second-order valence-electron chi connectivity index (χ2n) is 2.76. The minimum atomic E-state index is -1.01. The fourth-order valence-electron chi connectivity index (χ4n) is 1.13. The number of nitrogens with two attached hydrogens (primary N) is 1. The third-order valence-electron chi connectivity index (χ3n) is 1.67. The summed E-state index contributed by atoms with van der Waals surface area (Å²) < 4.78 is 15.8. The maximum absolute atomic E-state index is 5.40. The van der Waals surface area contributed by atoms with Gasteiger partial charge in [-0.25, -0.2) is 0 Å². The van der Waals surface area contributed by atoms with Gasteiger partial charge in [0.2, 0.25) is 5.79 Å². The topological polar surface area (TPSA) is 83.4 Å². The number of aromatic nitrogens is 2. The largest absolute Gasteiger partial charge is 0.402 e. The van der Waals surface area contributed by atoms with Crippen molar-refractivity contribution in [1.82, 2.24) is 10.2 Å². The lowest BCUT2D eigenvalue weighted by Crippen LogP contribution is -2.30. The van der Waals surface area contributed by atoms with Gasteiger partial charge in [-0.15, -0.1) is 5.10 Å². The van der Waals surface area contributed by atoms with Crippen LogP contribution < -0.4 is 5.73 Å². The lowest BCUT2D eigenvalue weighted by molar-refractivity contribution is -0.242. The molecule has 6 nitrogen and oxygen atoms in total. The zero-order valence-electron chi connectivity index (χ0n) is 8.61. The monoisotopic (exact) mass is 201 g/mol. The molecular formula is C8H15N3O3. The lowest BCUT2D eigenvalue weighted by atomic mass is 10.3. The molecule has 1 aromatic heterocycles. The summed E-state index contributed by atoms with van der Waals surface area (Å²) in [4.78, 5) is 0. The number of nitrogen functional groups attached to an aromatic ring is 1. The van der Waals surface area contributed by atoms with Gasteiger partial charge in [-0.3, -0.25) is 0 Å². The molecule has 0 aliphatic rings. The SMILES string of the molecule is CCOC(C)(OCC)c1nnc(N)o1. The van der Waals surface area contributed by atoms with Crippen LogP contribution in [0, 0.1) is 0 Å². The molecule has 0 unspecified atom stereocenters. The van der Waals surface area contributed by atoms with Gasteiger partial charge < -0.3 is 19.6 Å². The van der Waals surface area contributed by atoms with E-state index in [-0.39, 0.29) is 11.9 Å². The molecule has 0 atom stereocenters. The predicted molar refractivity (Wildman–Crippen MR) is 49.3 cm³/mol. The molecule has 0 radical (unpaired) electrons. The Kier molecular flexibility index (Phi) is 3.43. The number of hydrogen-bond acceptors (Lipinski definition) is 6. The number of rotatable bonds is 5. The van der Waals surface area contributed by atoms with Gasteiger partial charge in [-0.05, 0) is 20.8 Å². The van der Waals surface area contributed by atoms with Crippen LogP contribution in [0.4, 0.5) is 6.01 Å². The molecule has 0 aromatic carbocycles. The molecule has 1 rings (SSSR count). The first-order chi connectivity index (χ1) is 6.62. The average molecular weight is 201 g/mol. The summed E-state index contributed by atoms with van der Waals surface area (Å²) in [6, 6.07) is 0.00521. The van der Waals surface area contributed by atoms with Crippen LogP contribution in [-0.4, -0.2) is 23.4 Å². The minimum absolute atomic E-state index is 0.00521. The highest BCUT2D eigenvalue weighted by Crippen LogP contribution is 2.25. The molecule has 1 heterocycles. The van der Waals surface area contributed by atoms with E-state index in [1.807, 2.05) is 13.8 Å². The van der Waals surface area contributed by atoms with Gasteiger partial charge in [0, 0.05) is 13.2 Å². The molecule has 0 saturated heterocycles. The second kappa shape index (κ2) is 4.39. The Morgan fingerprint density at radius 1 is 1.29 bits per heavy atom. The molecule has 14 heavy (non-hydrogen) atoms. The van der Waals surface area contributed by atoms with Crippen molar-refractivity contribution in [3.8, 4) is 0 Å². The summed E-state index contributed by atoms with van der Waals surface area (Å²) in [5.74, 6) is -0.771. The second-order valence-corrected chi connectivity index (χ2v) is 2.76. The summed E-state index contributed by atoms with van der Waals surface area (Å²) in [5, 5.41) is 7.28. The fourth-order valence-corrected chi connectivity index (χ4v) is 1.13.